The Labute approximate surface area is 64.0 Å². The Morgan fingerprint density at radius 2 is 2.40 bits per heavy atom. The van der Waals surface area contributed by atoms with Crippen molar-refractivity contribution in [2.24, 2.45) is 0 Å². The molecule has 1 N–H and O–H groups in total. The summed E-state index contributed by atoms with van der Waals surface area (Å²) in [6, 6.07) is 0.449. The molecule has 0 fully saturated rings. The van der Waals surface area contributed by atoms with E-state index >= 15 is 0 Å². The molecular formula is C8H17NO. The van der Waals surface area contributed by atoms with Crippen molar-refractivity contribution in [3.63, 3.8) is 0 Å². The SMILES string of the molecule is [CH2-][CH+]CCNC(C)COC. The number of nitrogens with one attached hydrogen (secondary N) is 1. The van der Waals surface area contributed by atoms with Crippen LogP contribution < -0.4 is 5.32 Å². The molecule has 0 aliphatic heterocycles. The molecule has 0 spiro atoms. The minimum absolute atomic E-state index is 0.449. The molecule has 0 aromatic rings. The highest BCUT2D eigenvalue weighted by atomic mass is 16.5. The Hall–Kier alpha value is -0.210. The normalized spacial score (nSPS) is 13.1. The molecule has 10 heavy (non-hydrogen) atoms. The topological polar surface area (TPSA) is 21.3 Å². The second-order valence-electron chi connectivity index (χ2n) is 2.39. The molecule has 0 aliphatic carbocycles. The van der Waals surface area contributed by atoms with Gasteiger partial charge in [0.05, 0.1) is 13.0 Å². The molecule has 2 heteroatoms. The summed E-state index contributed by atoms with van der Waals surface area (Å²) in [7, 11) is 1.71. The first kappa shape index (κ1) is 9.79. The number of methoxy groups -OCH3 is 1. The van der Waals surface area contributed by atoms with Crippen LogP contribution in [-0.4, -0.2) is 26.3 Å². The van der Waals surface area contributed by atoms with Crippen LogP contribution in [0.1, 0.15) is 13.3 Å². The van der Waals surface area contributed by atoms with Crippen LogP contribution in [0, 0.1) is 13.3 Å². The Morgan fingerprint density at radius 3 is 2.90 bits per heavy atom. The maximum atomic E-state index is 4.95. The average molecular weight is 143 g/mol. The van der Waals surface area contributed by atoms with E-state index in [0.717, 1.165) is 19.6 Å². The van der Waals surface area contributed by atoms with Gasteiger partial charge in [0.25, 0.3) is 0 Å². The lowest BCUT2D eigenvalue weighted by Gasteiger charge is -2.10. The van der Waals surface area contributed by atoms with Gasteiger partial charge in [-0.25, -0.2) is 0 Å². The minimum atomic E-state index is 0.449. The first-order valence-electron chi connectivity index (χ1n) is 3.64. The molecule has 0 rings (SSSR count). The fraction of sp³-hybridized carbons (Fsp3) is 0.750. The fourth-order valence-electron chi connectivity index (χ4n) is 0.741. The first-order valence-corrected chi connectivity index (χ1v) is 3.64. The van der Waals surface area contributed by atoms with E-state index in [2.05, 4.69) is 19.2 Å². The summed E-state index contributed by atoms with van der Waals surface area (Å²) in [6.07, 6.45) is 2.93. The van der Waals surface area contributed by atoms with Crippen molar-refractivity contribution in [3.8, 4) is 0 Å². The zero-order chi connectivity index (χ0) is 7.82. The molecule has 0 radical (unpaired) electrons. The molecule has 0 saturated heterocycles. The van der Waals surface area contributed by atoms with Crippen LogP contribution in [0.25, 0.3) is 0 Å². The van der Waals surface area contributed by atoms with Crippen LogP contribution in [0.15, 0.2) is 0 Å². The van der Waals surface area contributed by atoms with E-state index in [4.69, 9.17) is 4.74 Å². The summed E-state index contributed by atoms with van der Waals surface area (Å²) >= 11 is 0. The second kappa shape index (κ2) is 6.90. The summed E-state index contributed by atoms with van der Waals surface area (Å²) in [5.41, 5.74) is 0. The zero-order valence-corrected chi connectivity index (χ0v) is 6.89. The van der Waals surface area contributed by atoms with Crippen LogP contribution in [-0.2, 0) is 4.74 Å². The van der Waals surface area contributed by atoms with E-state index in [-0.39, 0.29) is 0 Å². The quantitative estimate of drug-likeness (QED) is 0.443. The monoisotopic (exact) mass is 143 g/mol. The lowest BCUT2D eigenvalue weighted by atomic mass is 10.3. The average Bonchev–Trinajstić information content (AvgIpc) is 1.89. The van der Waals surface area contributed by atoms with E-state index in [1.807, 2.05) is 6.42 Å². The van der Waals surface area contributed by atoms with Crippen molar-refractivity contribution in [2.45, 2.75) is 19.4 Å². The van der Waals surface area contributed by atoms with Crippen LogP contribution in [0.2, 0.25) is 0 Å². The van der Waals surface area contributed by atoms with E-state index in [1.54, 1.807) is 7.11 Å². The van der Waals surface area contributed by atoms with Crippen molar-refractivity contribution >= 4 is 0 Å². The molecule has 0 amide bonds. The van der Waals surface area contributed by atoms with Gasteiger partial charge in [0.15, 0.2) is 0 Å². The highest BCUT2D eigenvalue weighted by molar-refractivity contribution is 4.69. The standard InChI is InChI=1S/C8H17NO/c1-4-5-6-9-8(2)7-10-3/h4,8-9H,1,5-7H2,2-3H3. The smallest absolute Gasteiger partial charge is 0.0694 e. The van der Waals surface area contributed by atoms with Gasteiger partial charge in [0, 0.05) is 19.7 Å². The Morgan fingerprint density at radius 1 is 1.70 bits per heavy atom. The molecule has 1 unspecified atom stereocenters. The molecule has 0 heterocycles. The van der Waals surface area contributed by atoms with Crippen LogP contribution in [0.3, 0.4) is 0 Å². The maximum absolute atomic E-state index is 4.95. The molecule has 2 nitrogen and oxygen atoms in total. The van der Waals surface area contributed by atoms with Crippen LogP contribution in [0.5, 0.6) is 0 Å². The summed E-state index contributed by atoms with van der Waals surface area (Å²) in [5, 5.41) is 3.29. The van der Waals surface area contributed by atoms with Gasteiger partial charge in [0.1, 0.15) is 0 Å². The molecule has 1 atom stereocenters. The van der Waals surface area contributed by atoms with Gasteiger partial charge in [-0.1, -0.05) is 6.42 Å². The van der Waals surface area contributed by atoms with Crippen molar-refractivity contribution in [1.82, 2.24) is 5.32 Å². The first-order chi connectivity index (χ1) is 4.81. The molecule has 60 valence electrons. The van der Waals surface area contributed by atoms with E-state index < -0.39 is 0 Å². The molecule has 0 saturated carbocycles. The molecule has 0 bridgehead atoms. The molecule has 0 aromatic heterocycles. The third-order valence-electron chi connectivity index (χ3n) is 1.26. The van der Waals surface area contributed by atoms with E-state index in [9.17, 15) is 0 Å². The van der Waals surface area contributed by atoms with Crippen LogP contribution >= 0.6 is 0 Å². The number of hydrogen-bond acceptors (Lipinski definition) is 2. The largest absolute Gasteiger partial charge is 0.383 e. The Bertz CT molecular complexity index is 66.3. The van der Waals surface area contributed by atoms with E-state index in [1.165, 1.54) is 0 Å². The second-order valence-corrected chi connectivity index (χ2v) is 2.39. The number of unbranched alkanes of at least 4 members (excludes halogenated alkanes) is 1. The van der Waals surface area contributed by atoms with Crippen LogP contribution in [0.4, 0.5) is 0 Å². The third kappa shape index (κ3) is 5.92. The van der Waals surface area contributed by atoms with Gasteiger partial charge < -0.3 is 10.1 Å². The van der Waals surface area contributed by atoms with E-state index in [0.29, 0.717) is 6.04 Å². The van der Waals surface area contributed by atoms with Gasteiger partial charge in [-0.3, -0.25) is 0 Å². The maximum Gasteiger partial charge on any atom is 0.0694 e. The third-order valence-corrected chi connectivity index (χ3v) is 1.26. The predicted octanol–water partition coefficient (Wildman–Crippen LogP) is 1.04. The van der Waals surface area contributed by atoms with Crippen molar-refractivity contribution in [2.75, 3.05) is 20.3 Å². The van der Waals surface area contributed by atoms with Gasteiger partial charge in [-0.05, 0) is 6.92 Å². The lowest BCUT2D eigenvalue weighted by molar-refractivity contribution is 0.172. The number of ether oxygens (including phenoxy) is 1. The van der Waals surface area contributed by atoms with Gasteiger partial charge in [-0.15, -0.1) is 6.92 Å². The van der Waals surface area contributed by atoms with Crippen molar-refractivity contribution < 1.29 is 4.74 Å². The number of hydrogen-bond donors (Lipinski definition) is 1. The Kier molecular flexibility index (Phi) is 6.76. The highest BCUT2D eigenvalue weighted by Crippen LogP contribution is 1.85. The highest BCUT2D eigenvalue weighted by Gasteiger charge is 1.97. The van der Waals surface area contributed by atoms with Crippen molar-refractivity contribution in [1.29, 1.82) is 0 Å². The fourth-order valence-corrected chi connectivity index (χ4v) is 0.741. The van der Waals surface area contributed by atoms with Crippen molar-refractivity contribution in [3.05, 3.63) is 13.3 Å². The zero-order valence-electron chi connectivity index (χ0n) is 6.89. The Balaban J connectivity index is 2.97. The molecule has 0 aromatic carbocycles. The minimum Gasteiger partial charge on any atom is -0.383 e. The molecular weight excluding hydrogens is 126 g/mol. The number of rotatable bonds is 6. The summed E-state index contributed by atoms with van der Waals surface area (Å²) < 4.78 is 4.95. The molecule has 0 aliphatic rings. The van der Waals surface area contributed by atoms with Gasteiger partial charge in [-0.2, -0.15) is 0 Å². The summed E-state index contributed by atoms with van der Waals surface area (Å²) in [6.45, 7) is 7.51. The predicted molar refractivity (Wildman–Crippen MR) is 43.6 cm³/mol. The summed E-state index contributed by atoms with van der Waals surface area (Å²) in [4.78, 5) is 0. The summed E-state index contributed by atoms with van der Waals surface area (Å²) in [5.74, 6) is 0. The van der Waals surface area contributed by atoms with Gasteiger partial charge >= 0.3 is 0 Å². The lowest BCUT2D eigenvalue weighted by Crippen LogP contribution is -2.30. The van der Waals surface area contributed by atoms with Gasteiger partial charge in [0.2, 0.25) is 0 Å².